The molecular formula is C26H24F3N3O5. The number of hydrazone groups is 1. The quantitative estimate of drug-likeness (QED) is 0.422. The fourth-order valence-corrected chi connectivity index (χ4v) is 3.94. The highest BCUT2D eigenvalue weighted by atomic mass is 19.4. The summed E-state index contributed by atoms with van der Waals surface area (Å²) in [5, 5.41) is 8.53. The average Bonchev–Trinajstić information content (AvgIpc) is 3.40. The van der Waals surface area contributed by atoms with Crippen molar-refractivity contribution in [3.63, 3.8) is 0 Å². The molecule has 8 nitrogen and oxygen atoms in total. The van der Waals surface area contributed by atoms with Crippen LogP contribution in [0.1, 0.15) is 41.4 Å². The van der Waals surface area contributed by atoms with Gasteiger partial charge in [0.25, 0.3) is 5.91 Å². The summed E-state index contributed by atoms with van der Waals surface area (Å²) < 4.78 is 52.9. The molecule has 2 amide bonds. The van der Waals surface area contributed by atoms with Crippen LogP contribution in [-0.2, 0) is 11.3 Å². The average molecular weight is 515 g/mol. The lowest BCUT2D eigenvalue weighted by atomic mass is 9.89. The lowest BCUT2D eigenvalue weighted by Crippen LogP contribution is -2.36. The van der Waals surface area contributed by atoms with Crippen molar-refractivity contribution in [2.24, 2.45) is 11.0 Å². The van der Waals surface area contributed by atoms with Crippen LogP contribution in [0.3, 0.4) is 0 Å². The minimum Gasteiger partial charge on any atom is -0.493 e. The van der Waals surface area contributed by atoms with Gasteiger partial charge in [0.05, 0.1) is 25.6 Å². The number of anilines is 1. The maximum atomic E-state index is 12.9. The van der Waals surface area contributed by atoms with Gasteiger partial charge in [-0.25, -0.2) is 5.01 Å². The van der Waals surface area contributed by atoms with Crippen molar-refractivity contribution in [2.75, 3.05) is 12.4 Å². The van der Waals surface area contributed by atoms with Crippen LogP contribution >= 0.6 is 0 Å². The molecule has 0 saturated carbocycles. The molecule has 0 bridgehead atoms. The van der Waals surface area contributed by atoms with Gasteiger partial charge in [-0.2, -0.15) is 5.10 Å². The first kappa shape index (κ1) is 25.8. The minimum atomic E-state index is -4.89. The number of ether oxygens (including phenoxy) is 2. The first-order valence-corrected chi connectivity index (χ1v) is 11.4. The number of halogens is 3. The van der Waals surface area contributed by atoms with E-state index in [2.05, 4.69) is 15.2 Å². The molecule has 2 aromatic carbocycles. The highest BCUT2D eigenvalue weighted by molar-refractivity contribution is 6.06. The third-order valence-corrected chi connectivity index (χ3v) is 5.79. The van der Waals surface area contributed by atoms with Crippen LogP contribution in [0.5, 0.6) is 11.5 Å². The summed E-state index contributed by atoms with van der Waals surface area (Å²) in [5.74, 6) is -1.24. The van der Waals surface area contributed by atoms with E-state index in [1.807, 2.05) is 6.92 Å². The summed E-state index contributed by atoms with van der Waals surface area (Å²) in [4.78, 5) is 24.9. The zero-order valence-electron chi connectivity index (χ0n) is 20.0. The van der Waals surface area contributed by atoms with Crippen molar-refractivity contribution in [3.05, 3.63) is 77.7 Å². The summed E-state index contributed by atoms with van der Waals surface area (Å²) in [6.45, 7) is 2.03. The topological polar surface area (TPSA) is 93.4 Å². The molecule has 1 atom stereocenters. The molecule has 2 heterocycles. The zero-order chi connectivity index (χ0) is 26.6. The Morgan fingerprint density at radius 3 is 2.54 bits per heavy atom. The van der Waals surface area contributed by atoms with Crippen molar-refractivity contribution >= 4 is 23.2 Å². The van der Waals surface area contributed by atoms with E-state index in [1.54, 1.807) is 42.5 Å². The number of carbonyl (C=O) groups excluding carboxylic acids is 2. The minimum absolute atomic E-state index is 0.0716. The number of amides is 2. The fourth-order valence-electron chi connectivity index (χ4n) is 3.94. The number of rotatable bonds is 8. The number of benzene rings is 2. The Morgan fingerprint density at radius 1 is 1.16 bits per heavy atom. The molecule has 0 aliphatic carbocycles. The SMILES string of the molecule is CCC1CC(=O)N(Cc2ccc(NC(=O)c3ccco3)cc2)N=C1c1ccc(OC)c(OC(F)(F)F)c1. The molecule has 194 valence electrons. The molecule has 11 heteroatoms. The molecule has 37 heavy (non-hydrogen) atoms. The smallest absolute Gasteiger partial charge is 0.493 e. The van der Waals surface area contributed by atoms with Crippen LogP contribution in [0, 0.1) is 5.92 Å². The molecule has 0 spiro atoms. The molecular weight excluding hydrogens is 491 g/mol. The molecule has 1 aromatic heterocycles. The van der Waals surface area contributed by atoms with E-state index in [0.717, 1.165) is 5.56 Å². The first-order chi connectivity index (χ1) is 17.7. The van der Waals surface area contributed by atoms with E-state index in [9.17, 15) is 22.8 Å². The first-order valence-electron chi connectivity index (χ1n) is 11.4. The van der Waals surface area contributed by atoms with Gasteiger partial charge in [0.1, 0.15) is 0 Å². The molecule has 1 N–H and O–H groups in total. The van der Waals surface area contributed by atoms with Crippen LogP contribution < -0.4 is 14.8 Å². The summed E-state index contributed by atoms with van der Waals surface area (Å²) >= 11 is 0. The van der Waals surface area contributed by atoms with Gasteiger partial charge in [-0.3, -0.25) is 9.59 Å². The molecule has 3 aromatic rings. The third kappa shape index (κ3) is 6.29. The number of hydrogen-bond acceptors (Lipinski definition) is 6. The van der Waals surface area contributed by atoms with E-state index in [1.165, 1.54) is 30.5 Å². The highest BCUT2D eigenvalue weighted by Crippen LogP contribution is 2.35. The van der Waals surface area contributed by atoms with Gasteiger partial charge in [0, 0.05) is 23.6 Å². The molecule has 1 unspecified atom stereocenters. The summed E-state index contributed by atoms with van der Waals surface area (Å²) in [6.07, 6.45) is -2.75. The number of hydrogen-bond donors (Lipinski definition) is 1. The summed E-state index contributed by atoms with van der Waals surface area (Å²) in [6, 6.07) is 14.2. The van der Waals surface area contributed by atoms with E-state index in [0.29, 0.717) is 23.4 Å². The van der Waals surface area contributed by atoms with Gasteiger partial charge in [0.2, 0.25) is 5.91 Å². The van der Waals surface area contributed by atoms with Crippen molar-refractivity contribution in [2.45, 2.75) is 32.7 Å². The van der Waals surface area contributed by atoms with E-state index >= 15 is 0 Å². The number of alkyl halides is 3. The van der Waals surface area contributed by atoms with Gasteiger partial charge < -0.3 is 19.2 Å². The van der Waals surface area contributed by atoms with E-state index in [4.69, 9.17) is 9.15 Å². The highest BCUT2D eigenvalue weighted by Gasteiger charge is 2.34. The van der Waals surface area contributed by atoms with Crippen molar-refractivity contribution in [1.29, 1.82) is 0 Å². The molecule has 1 aliphatic rings. The summed E-state index contributed by atoms with van der Waals surface area (Å²) in [5.41, 5.74) is 2.18. The third-order valence-electron chi connectivity index (χ3n) is 5.79. The second-order valence-corrected chi connectivity index (χ2v) is 8.29. The van der Waals surface area contributed by atoms with Crippen LogP contribution in [-0.4, -0.2) is 36.0 Å². The lowest BCUT2D eigenvalue weighted by Gasteiger charge is -2.29. The van der Waals surface area contributed by atoms with Crippen LogP contribution in [0.15, 0.2) is 70.4 Å². The Morgan fingerprint density at radius 2 is 1.92 bits per heavy atom. The number of nitrogens with one attached hydrogen (secondary N) is 1. The van der Waals surface area contributed by atoms with Gasteiger partial charge in [-0.1, -0.05) is 19.1 Å². The van der Waals surface area contributed by atoms with E-state index in [-0.39, 0.29) is 36.3 Å². The number of furan rings is 1. The molecule has 1 aliphatic heterocycles. The number of methoxy groups -OCH3 is 1. The Bertz CT molecular complexity index is 1290. The Kier molecular flexibility index (Phi) is 7.51. The zero-order valence-corrected chi connectivity index (χ0v) is 20.0. The molecule has 0 radical (unpaired) electrons. The Balaban J connectivity index is 1.55. The number of nitrogens with zero attached hydrogens (tertiary/aromatic N) is 2. The van der Waals surface area contributed by atoms with Gasteiger partial charge >= 0.3 is 6.36 Å². The summed E-state index contributed by atoms with van der Waals surface area (Å²) in [7, 11) is 1.25. The largest absolute Gasteiger partial charge is 0.573 e. The Hall–Kier alpha value is -4.28. The predicted octanol–water partition coefficient (Wildman–Crippen LogP) is 5.60. The molecule has 0 fully saturated rings. The van der Waals surface area contributed by atoms with Crippen molar-refractivity contribution in [1.82, 2.24) is 5.01 Å². The van der Waals surface area contributed by atoms with Crippen molar-refractivity contribution in [3.8, 4) is 11.5 Å². The van der Waals surface area contributed by atoms with Crippen LogP contribution in [0.4, 0.5) is 18.9 Å². The second kappa shape index (κ2) is 10.8. The van der Waals surface area contributed by atoms with Gasteiger partial charge in [-0.05, 0) is 54.4 Å². The molecule has 4 rings (SSSR count). The maximum absolute atomic E-state index is 12.9. The van der Waals surface area contributed by atoms with Gasteiger partial charge in [0.15, 0.2) is 17.3 Å². The maximum Gasteiger partial charge on any atom is 0.573 e. The van der Waals surface area contributed by atoms with Crippen molar-refractivity contribution < 1.29 is 36.7 Å². The van der Waals surface area contributed by atoms with Crippen LogP contribution in [0.2, 0.25) is 0 Å². The standard InChI is InChI=1S/C26H24F3N3O5/c1-3-17-14-23(33)32(15-16-6-9-19(10-7-16)30-25(34)21-5-4-12-36-21)31-24(17)18-8-11-20(35-2)22(13-18)37-26(27,28)29/h4-13,17H,3,14-15H2,1-2H3,(H,30,34). The lowest BCUT2D eigenvalue weighted by molar-refractivity contribution is -0.275. The predicted molar refractivity (Wildman–Crippen MR) is 128 cm³/mol. The second-order valence-electron chi connectivity index (χ2n) is 8.29. The van der Waals surface area contributed by atoms with E-state index < -0.39 is 18.0 Å². The normalized spacial score (nSPS) is 15.8. The fraction of sp³-hybridized carbons (Fsp3) is 0.269. The Labute approximate surface area is 210 Å². The monoisotopic (exact) mass is 515 g/mol. The van der Waals surface area contributed by atoms with Crippen LogP contribution in [0.25, 0.3) is 0 Å². The number of carbonyl (C=O) groups is 2. The van der Waals surface area contributed by atoms with Gasteiger partial charge in [-0.15, -0.1) is 13.2 Å². The molecule has 0 saturated heterocycles.